The van der Waals surface area contributed by atoms with Crippen LogP contribution in [0.4, 0.5) is 0 Å². The van der Waals surface area contributed by atoms with E-state index in [1.165, 1.54) is 6.42 Å². The van der Waals surface area contributed by atoms with Crippen LogP contribution in [0.1, 0.15) is 13.3 Å². The first-order chi connectivity index (χ1) is 4.83. The van der Waals surface area contributed by atoms with E-state index in [1.807, 2.05) is 7.05 Å². The molecule has 62 valence electrons. The van der Waals surface area contributed by atoms with Crippen molar-refractivity contribution in [2.45, 2.75) is 18.9 Å². The van der Waals surface area contributed by atoms with Crippen molar-refractivity contribution in [2.24, 2.45) is 0 Å². The number of hydrogen-bond donors (Lipinski definition) is 2. The second-order valence-electron chi connectivity index (χ2n) is 2.38. The molecule has 1 aliphatic rings. The van der Waals surface area contributed by atoms with Crippen molar-refractivity contribution in [3.63, 3.8) is 0 Å². The number of nitrogens with one attached hydrogen (secondary N) is 1. The molecule has 0 aliphatic carbocycles. The zero-order valence-electron chi connectivity index (χ0n) is 6.98. The Balaban J connectivity index is 0.000000371. The topological polar surface area (TPSA) is 41.5 Å². The number of aliphatic hydroxyl groups is 1. The average molecular weight is 147 g/mol. The van der Waals surface area contributed by atoms with Gasteiger partial charge in [0.25, 0.3) is 0 Å². The monoisotopic (exact) mass is 147 g/mol. The van der Waals surface area contributed by atoms with Gasteiger partial charge in [0.05, 0.1) is 18.8 Å². The van der Waals surface area contributed by atoms with Gasteiger partial charge in [0.1, 0.15) is 0 Å². The van der Waals surface area contributed by atoms with Crippen LogP contribution in [-0.2, 0) is 4.74 Å². The summed E-state index contributed by atoms with van der Waals surface area (Å²) in [6, 6.07) is 0. The molecule has 0 bridgehead atoms. The highest BCUT2D eigenvalue weighted by Crippen LogP contribution is 2.19. The van der Waals surface area contributed by atoms with Crippen molar-refractivity contribution in [3.05, 3.63) is 0 Å². The Bertz CT molecular complexity index is 68.2. The zero-order valence-corrected chi connectivity index (χ0v) is 6.98. The Kier molecular flexibility index (Phi) is 4.60. The number of hydrogen-bond acceptors (Lipinski definition) is 3. The molecule has 1 rings (SSSR count). The summed E-state index contributed by atoms with van der Waals surface area (Å²) >= 11 is 0. The number of rotatable bonds is 2. The second kappa shape index (κ2) is 4.66. The quantitative estimate of drug-likeness (QED) is 0.577. The van der Waals surface area contributed by atoms with Crippen LogP contribution in [0.25, 0.3) is 0 Å². The first-order valence-electron chi connectivity index (χ1n) is 3.54. The van der Waals surface area contributed by atoms with Crippen LogP contribution in [0.2, 0.25) is 0 Å². The Morgan fingerprint density at radius 2 is 2.00 bits per heavy atom. The van der Waals surface area contributed by atoms with Crippen LogP contribution in [0.3, 0.4) is 0 Å². The second-order valence-corrected chi connectivity index (χ2v) is 2.38. The van der Waals surface area contributed by atoms with Crippen LogP contribution >= 0.6 is 0 Å². The summed E-state index contributed by atoms with van der Waals surface area (Å²) in [5, 5.41) is 10.2. The minimum absolute atomic E-state index is 0.333. The lowest BCUT2D eigenvalue weighted by molar-refractivity contribution is -0.0722. The highest BCUT2D eigenvalue weighted by molar-refractivity contribution is 4.91. The van der Waals surface area contributed by atoms with E-state index in [4.69, 9.17) is 9.84 Å². The fraction of sp³-hybridized carbons (Fsp3) is 1.00. The lowest BCUT2D eigenvalue weighted by atomic mass is 9.95. The van der Waals surface area contributed by atoms with Crippen LogP contribution < -0.4 is 5.32 Å². The molecular weight excluding hydrogens is 130 g/mol. The van der Waals surface area contributed by atoms with E-state index in [-0.39, 0.29) is 0 Å². The molecule has 0 unspecified atom stereocenters. The van der Waals surface area contributed by atoms with Crippen LogP contribution in [-0.4, -0.2) is 38.0 Å². The van der Waals surface area contributed by atoms with Gasteiger partial charge in [0.2, 0.25) is 0 Å². The third-order valence-corrected chi connectivity index (χ3v) is 1.96. The molecule has 3 nitrogen and oxygen atoms in total. The average Bonchev–Trinajstić information content (AvgIpc) is 1.93. The molecule has 0 aromatic rings. The fourth-order valence-electron chi connectivity index (χ4n) is 0.874. The molecule has 1 fully saturated rings. The molecule has 0 radical (unpaired) electrons. The largest absolute Gasteiger partial charge is 0.400 e. The molecule has 0 atom stereocenters. The van der Waals surface area contributed by atoms with E-state index in [1.54, 1.807) is 0 Å². The minimum atomic E-state index is 0.333. The van der Waals surface area contributed by atoms with Gasteiger partial charge in [-0.2, -0.15) is 0 Å². The van der Waals surface area contributed by atoms with Crippen molar-refractivity contribution in [1.29, 1.82) is 0 Å². The van der Waals surface area contributed by atoms with Crippen molar-refractivity contribution in [1.82, 2.24) is 5.32 Å². The van der Waals surface area contributed by atoms with Crippen LogP contribution in [0, 0.1) is 0 Å². The highest BCUT2D eigenvalue weighted by atomic mass is 16.5. The Hall–Kier alpha value is -0.120. The van der Waals surface area contributed by atoms with E-state index in [9.17, 15) is 0 Å². The van der Waals surface area contributed by atoms with E-state index < -0.39 is 0 Å². The maximum Gasteiger partial charge on any atom is 0.0671 e. The molecular formula is C7H17NO2. The lowest BCUT2D eigenvalue weighted by Gasteiger charge is -2.40. The van der Waals surface area contributed by atoms with Crippen LogP contribution in [0.5, 0.6) is 0 Å². The third kappa shape index (κ3) is 1.94. The van der Waals surface area contributed by atoms with Gasteiger partial charge < -0.3 is 15.2 Å². The third-order valence-electron chi connectivity index (χ3n) is 1.96. The predicted octanol–water partition coefficient (Wildman–Crippen LogP) is -0.00670. The molecule has 0 amide bonds. The van der Waals surface area contributed by atoms with E-state index in [0.717, 1.165) is 20.3 Å². The number of likely N-dealkylation sites (N-methyl/N-ethyl adjacent to an activating group) is 1. The Morgan fingerprint density at radius 1 is 1.50 bits per heavy atom. The van der Waals surface area contributed by atoms with Gasteiger partial charge in [-0.1, -0.05) is 6.92 Å². The summed E-state index contributed by atoms with van der Waals surface area (Å²) in [5.41, 5.74) is 0.333. The van der Waals surface area contributed by atoms with Crippen molar-refractivity contribution < 1.29 is 9.84 Å². The van der Waals surface area contributed by atoms with Gasteiger partial charge in [-0.15, -0.1) is 0 Å². The summed E-state index contributed by atoms with van der Waals surface area (Å²) in [6.45, 7) is 3.96. The molecule has 0 aromatic heterocycles. The fourth-order valence-corrected chi connectivity index (χ4v) is 0.874. The summed E-state index contributed by atoms with van der Waals surface area (Å²) in [4.78, 5) is 0. The first-order valence-corrected chi connectivity index (χ1v) is 3.54. The molecule has 1 aliphatic heterocycles. The molecule has 3 heteroatoms. The normalized spacial score (nSPS) is 20.4. The Labute approximate surface area is 62.4 Å². The number of aliphatic hydroxyl groups excluding tert-OH is 1. The summed E-state index contributed by atoms with van der Waals surface area (Å²) < 4.78 is 5.06. The molecule has 1 heterocycles. The Morgan fingerprint density at radius 3 is 2.00 bits per heavy atom. The number of ether oxygens (including phenoxy) is 1. The molecule has 0 aromatic carbocycles. The molecule has 10 heavy (non-hydrogen) atoms. The summed E-state index contributed by atoms with van der Waals surface area (Å²) in [7, 11) is 2.99. The van der Waals surface area contributed by atoms with Gasteiger partial charge in [-0.25, -0.2) is 0 Å². The van der Waals surface area contributed by atoms with E-state index in [0.29, 0.717) is 5.54 Å². The molecule has 2 N–H and O–H groups in total. The van der Waals surface area contributed by atoms with E-state index >= 15 is 0 Å². The van der Waals surface area contributed by atoms with Gasteiger partial charge in [0, 0.05) is 7.11 Å². The maximum atomic E-state index is 7.00. The maximum absolute atomic E-state index is 7.00. The molecule has 0 saturated carbocycles. The van der Waals surface area contributed by atoms with Crippen molar-refractivity contribution in [3.8, 4) is 0 Å². The molecule has 1 saturated heterocycles. The van der Waals surface area contributed by atoms with Gasteiger partial charge in [-0.3, -0.25) is 0 Å². The highest BCUT2D eigenvalue weighted by Gasteiger charge is 2.34. The SMILES string of the molecule is CCC1(NC)COC1.CO. The van der Waals surface area contributed by atoms with Crippen molar-refractivity contribution >= 4 is 0 Å². The minimum Gasteiger partial charge on any atom is -0.400 e. The smallest absolute Gasteiger partial charge is 0.0671 e. The van der Waals surface area contributed by atoms with Gasteiger partial charge >= 0.3 is 0 Å². The lowest BCUT2D eigenvalue weighted by Crippen LogP contribution is -2.58. The predicted molar refractivity (Wildman–Crippen MR) is 41.0 cm³/mol. The van der Waals surface area contributed by atoms with Gasteiger partial charge in [-0.05, 0) is 13.5 Å². The standard InChI is InChI=1S/C6H13NO.CH4O/c1-3-6(7-2)4-8-5-6;1-2/h7H,3-5H2,1-2H3;2H,1H3. The first kappa shape index (κ1) is 9.88. The van der Waals surface area contributed by atoms with Crippen molar-refractivity contribution in [2.75, 3.05) is 27.4 Å². The van der Waals surface area contributed by atoms with Gasteiger partial charge in [0.15, 0.2) is 0 Å². The zero-order chi connectivity index (χ0) is 8.04. The summed E-state index contributed by atoms with van der Waals surface area (Å²) in [5.74, 6) is 0. The van der Waals surface area contributed by atoms with Crippen LogP contribution in [0.15, 0.2) is 0 Å². The molecule has 0 spiro atoms. The van der Waals surface area contributed by atoms with E-state index in [2.05, 4.69) is 12.2 Å². The summed E-state index contributed by atoms with van der Waals surface area (Å²) in [6.07, 6.45) is 1.17.